The molecule has 1 saturated heterocycles. The zero-order chi connectivity index (χ0) is 26.9. The quantitative estimate of drug-likeness (QED) is 0.295. The smallest absolute Gasteiger partial charge is 0.408 e. The molecule has 1 aromatic carbocycles. The lowest BCUT2D eigenvalue weighted by Gasteiger charge is -2.25. The number of rotatable bonds is 13. The average molecular weight is 515 g/mol. The van der Waals surface area contributed by atoms with Gasteiger partial charge >= 0.3 is 6.09 Å². The number of Topliss-reactive ketones (excluding diaryl/α,β-unsaturated/α-hetero) is 1. The molecule has 10 heteroatoms. The Hall–Kier alpha value is -3.43. The van der Waals surface area contributed by atoms with Crippen molar-refractivity contribution in [3.05, 3.63) is 35.9 Å². The maximum absolute atomic E-state index is 13.3. The minimum Gasteiger partial charge on any atom is -0.446 e. The molecule has 1 aromatic rings. The van der Waals surface area contributed by atoms with E-state index in [0.717, 1.165) is 18.4 Å². The number of hydrogen-bond acceptors (Lipinski definition) is 6. The lowest BCUT2D eigenvalue weighted by molar-refractivity contribution is -0.141. The first-order chi connectivity index (χ1) is 17.6. The van der Waals surface area contributed by atoms with Crippen molar-refractivity contribution in [1.82, 2.24) is 21.3 Å². The summed E-state index contributed by atoms with van der Waals surface area (Å²) in [6.45, 7) is 6.06. The molecule has 1 aliphatic carbocycles. The van der Waals surface area contributed by atoms with E-state index in [1.165, 1.54) is 0 Å². The maximum Gasteiger partial charge on any atom is 0.408 e. The van der Waals surface area contributed by atoms with Crippen molar-refractivity contribution in [1.29, 1.82) is 0 Å². The van der Waals surface area contributed by atoms with Crippen LogP contribution in [-0.4, -0.2) is 60.4 Å². The summed E-state index contributed by atoms with van der Waals surface area (Å²) in [6.07, 6.45) is 1.81. The molecule has 4 amide bonds. The third kappa shape index (κ3) is 9.18. The summed E-state index contributed by atoms with van der Waals surface area (Å²) in [5.41, 5.74) is 1.01. The first kappa shape index (κ1) is 28.1. The number of alkyl carbamates (subject to hydrolysis) is 1. The molecule has 2 fully saturated rings. The van der Waals surface area contributed by atoms with Crippen molar-refractivity contribution >= 4 is 29.6 Å². The highest BCUT2D eigenvalue weighted by molar-refractivity contribution is 6.38. The zero-order valence-corrected chi connectivity index (χ0v) is 21.8. The summed E-state index contributed by atoms with van der Waals surface area (Å²) < 4.78 is 5.47. The van der Waals surface area contributed by atoms with Crippen LogP contribution in [0.5, 0.6) is 0 Å². The topological polar surface area (TPSA) is 143 Å². The van der Waals surface area contributed by atoms with Crippen LogP contribution < -0.4 is 21.3 Å². The van der Waals surface area contributed by atoms with Crippen molar-refractivity contribution in [2.75, 3.05) is 6.54 Å². The first-order valence-corrected chi connectivity index (χ1v) is 13.1. The molecule has 1 saturated carbocycles. The molecule has 0 aromatic heterocycles. The molecular formula is C27H38N4O6. The molecule has 1 aliphatic heterocycles. The van der Waals surface area contributed by atoms with E-state index in [0.29, 0.717) is 25.8 Å². The average Bonchev–Trinajstić information content (AvgIpc) is 3.56. The molecule has 202 valence electrons. The fraction of sp³-hybridized carbons (Fsp3) is 0.593. The second kappa shape index (κ2) is 13.2. The lowest BCUT2D eigenvalue weighted by atomic mass is 9.94. The number of benzene rings is 1. The molecule has 0 radical (unpaired) electrons. The highest BCUT2D eigenvalue weighted by Crippen LogP contribution is 2.20. The van der Waals surface area contributed by atoms with Crippen molar-refractivity contribution in [2.45, 2.75) is 83.5 Å². The van der Waals surface area contributed by atoms with Gasteiger partial charge in [-0.2, -0.15) is 0 Å². The highest BCUT2D eigenvalue weighted by atomic mass is 16.6. The fourth-order valence-electron chi connectivity index (χ4n) is 4.35. The van der Waals surface area contributed by atoms with Gasteiger partial charge in [-0.25, -0.2) is 4.79 Å². The number of ketones is 1. The van der Waals surface area contributed by atoms with Gasteiger partial charge in [0, 0.05) is 24.9 Å². The molecule has 3 rings (SSSR count). The molecule has 1 heterocycles. The number of ether oxygens (including phenoxy) is 1. The Kier molecular flexibility index (Phi) is 10.0. The Balaban J connectivity index is 1.64. The van der Waals surface area contributed by atoms with Crippen LogP contribution in [0.25, 0.3) is 0 Å². The minimum absolute atomic E-state index is 0.0153. The maximum atomic E-state index is 13.3. The Morgan fingerprint density at radius 1 is 1.00 bits per heavy atom. The highest BCUT2D eigenvalue weighted by Gasteiger charge is 2.37. The Bertz CT molecular complexity index is 978. The van der Waals surface area contributed by atoms with E-state index in [9.17, 15) is 24.0 Å². The third-order valence-electron chi connectivity index (χ3n) is 6.44. The molecule has 0 bridgehead atoms. The summed E-state index contributed by atoms with van der Waals surface area (Å²) in [7, 11) is 0. The lowest BCUT2D eigenvalue weighted by Crippen LogP contribution is -2.55. The van der Waals surface area contributed by atoms with E-state index >= 15 is 0 Å². The predicted molar refractivity (Wildman–Crippen MR) is 136 cm³/mol. The molecule has 4 atom stereocenters. The van der Waals surface area contributed by atoms with Gasteiger partial charge in [0.1, 0.15) is 12.1 Å². The Morgan fingerprint density at radius 2 is 1.70 bits per heavy atom. The van der Waals surface area contributed by atoms with Gasteiger partial charge < -0.3 is 26.0 Å². The second-order valence-electron chi connectivity index (χ2n) is 10.4. The van der Waals surface area contributed by atoms with Crippen molar-refractivity contribution in [3.8, 4) is 0 Å². The molecule has 10 nitrogen and oxygen atoms in total. The molecule has 0 spiro atoms. The van der Waals surface area contributed by atoms with Gasteiger partial charge in [-0.05, 0) is 50.5 Å². The SMILES string of the molecule is CC(C)C[C@H](NC(=O)OC(C)Cc1ccccc1)C(=O)N[C@@H](C[C@@H]1CCNC1=O)C(=O)C(=O)NC1CC1. The van der Waals surface area contributed by atoms with E-state index in [-0.39, 0.29) is 24.3 Å². The van der Waals surface area contributed by atoms with Crippen molar-refractivity contribution in [2.24, 2.45) is 11.8 Å². The van der Waals surface area contributed by atoms with E-state index in [2.05, 4.69) is 21.3 Å². The van der Waals surface area contributed by atoms with E-state index in [1.54, 1.807) is 6.92 Å². The molecular weight excluding hydrogens is 476 g/mol. The van der Waals surface area contributed by atoms with Crippen molar-refractivity contribution in [3.63, 3.8) is 0 Å². The first-order valence-electron chi connectivity index (χ1n) is 13.1. The fourth-order valence-corrected chi connectivity index (χ4v) is 4.35. The summed E-state index contributed by atoms with van der Waals surface area (Å²) in [5.74, 6) is -2.80. The van der Waals surface area contributed by atoms with E-state index in [4.69, 9.17) is 4.74 Å². The van der Waals surface area contributed by atoms with E-state index < -0.39 is 47.8 Å². The second-order valence-corrected chi connectivity index (χ2v) is 10.4. The summed E-state index contributed by atoms with van der Waals surface area (Å²) >= 11 is 0. The molecule has 4 N–H and O–H groups in total. The van der Waals surface area contributed by atoms with Crippen LogP contribution in [0, 0.1) is 11.8 Å². The number of carbonyl (C=O) groups is 5. The summed E-state index contributed by atoms with van der Waals surface area (Å²) in [4.78, 5) is 63.4. The van der Waals surface area contributed by atoms with Crippen LogP contribution in [-0.2, 0) is 30.3 Å². The van der Waals surface area contributed by atoms with Gasteiger partial charge in [0.05, 0.1) is 6.04 Å². The van der Waals surface area contributed by atoms with E-state index in [1.807, 2.05) is 44.2 Å². The van der Waals surface area contributed by atoms with Crippen LogP contribution in [0.1, 0.15) is 58.4 Å². The number of hydrogen-bond donors (Lipinski definition) is 4. The summed E-state index contributed by atoms with van der Waals surface area (Å²) in [5, 5.41) is 10.6. The van der Waals surface area contributed by atoms with Gasteiger partial charge in [-0.3, -0.25) is 19.2 Å². The number of amides is 4. The van der Waals surface area contributed by atoms with Gasteiger partial charge in [0.25, 0.3) is 5.91 Å². The zero-order valence-electron chi connectivity index (χ0n) is 21.8. The third-order valence-corrected chi connectivity index (χ3v) is 6.44. The van der Waals surface area contributed by atoms with Crippen LogP contribution in [0.3, 0.4) is 0 Å². The van der Waals surface area contributed by atoms with Crippen LogP contribution in [0.15, 0.2) is 30.3 Å². The standard InChI is InChI=1S/C27H38N4O6/c1-16(2)13-22(31-27(36)37-17(3)14-18-7-5-4-6-8-18)25(34)30-21(15-19-11-12-28-24(19)33)23(32)26(35)29-20-9-10-20/h4-8,16-17,19-22H,9-15H2,1-3H3,(H,28,33)(H,29,35)(H,30,34)(H,31,36)/t17?,19-,21-,22-/m0/s1. The van der Waals surface area contributed by atoms with Crippen LogP contribution in [0.2, 0.25) is 0 Å². The van der Waals surface area contributed by atoms with Crippen LogP contribution >= 0.6 is 0 Å². The monoisotopic (exact) mass is 514 g/mol. The predicted octanol–water partition coefficient (Wildman–Crippen LogP) is 1.62. The number of nitrogens with one attached hydrogen (secondary N) is 4. The van der Waals surface area contributed by atoms with Crippen LogP contribution in [0.4, 0.5) is 4.79 Å². The van der Waals surface area contributed by atoms with Crippen molar-refractivity contribution < 1.29 is 28.7 Å². The van der Waals surface area contributed by atoms with Gasteiger partial charge in [0.2, 0.25) is 17.6 Å². The largest absolute Gasteiger partial charge is 0.446 e. The molecule has 1 unspecified atom stereocenters. The van der Waals surface area contributed by atoms with Gasteiger partial charge in [-0.15, -0.1) is 0 Å². The summed E-state index contributed by atoms with van der Waals surface area (Å²) in [6, 6.07) is 7.42. The van der Waals surface area contributed by atoms with Gasteiger partial charge in [0.15, 0.2) is 0 Å². The number of carbonyl (C=O) groups excluding carboxylic acids is 5. The molecule has 2 aliphatic rings. The van der Waals surface area contributed by atoms with Gasteiger partial charge in [-0.1, -0.05) is 44.2 Å². The molecule has 37 heavy (non-hydrogen) atoms. The normalized spacial score (nSPS) is 19.4. The Labute approximate surface area is 217 Å². The Morgan fingerprint density at radius 3 is 2.30 bits per heavy atom. The minimum atomic E-state index is -1.18.